The van der Waals surface area contributed by atoms with Gasteiger partial charge in [-0.1, -0.05) is 5.11 Å². The van der Waals surface area contributed by atoms with Crippen molar-refractivity contribution in [1.29, 1.82) is 0 Å². The molecule has 0 saturated carbocycles. The molecule has 0 fully saturated rings. The maximum atomic E-state index is 13.0. The summed E-state index contributed by atoms with van der Waals surface area (Å²) in [5.41, 5.74) is 7.97. The van der Waals surface area contributed by atoms with E-state index in [4.69, 9.17) is 10.3 Å². The van der Waals surface area contributed by atoms with Crippen molar-refractivity contribution >= 4 is 0 Å². The summed E-state index contributed by atoms with van der Waals surface area (Å²) in [4.78, 5) is 2.55. The zero-order valence-electron chi connectivity index (χ0n) is 7.86. The molecule has 0 aliphatic heterocycles. The van der Waals surface area contributed by atoms with Gasteiger partial charge in [0.15, 0.2) is 11.6 Å². The third kappa shape index (κ3) is 3.83. The normalized spacial score (nSPS) is 9.47. The van der Waals surface area contributed by atoms with Crippen molar-refractivity contribution in [2.24, 2.45) is 5.11 Å². The molecule has 0 radical (unpaired) electrons. The van der Waals surface area contributed by atoms with Crippen molar-refractivity contribution < 1.29 is 13.5 Å². The predicted molar refractivity (Wildman–Crippen MR) is 50.5 cm³/mol. The van der Waals surface area contributed by atoms with Crippen molar-refractivity contribution in [2.45, 2.75) is 6.42 Å². The summed E-state index contributed by atoms with van der Waals surface area (Å²) in [5, 5.41) is 3.28. The van der Waals surface area contributed by atoms with Crippen LogP contribution in [0.15, 0.2) is 23.3 Å². The Morgan fingerprint density at radius 3 is 2.93 bits per heavy atom. The molecule has 0 aliphatic carbocycles. The van der Waals surface area contributed by atoms with Gasteiger partial charge >= 0.3 is 0 Å². The van der Waals surface area contributed by atoms with E-state index in [1.54, 1.807) is 0 Å². The average molecular weight is 213 g/mol. The van der Waals surface area contributed by atoms with E-state index in [9.17, 15) is 8.78 Å². The summed E-state index contributed by atoms with van der Waals surface area (Å²) >= 11 is 0. The van der Waals surface area contributed by atoms with Crippen LogP contribution in [0.3, 0.4) is 0 Å². The molecule has 0 N–H and O–H groups in total. The largest absolute Gasteiger partial charge is 0.490 e. The Labute approximate surface area is 85.1 Å². The summed E-state index contributed by atoms with van der Waals surface area (Å²) in [7, 11) is 0. The lowest BCUT2D eigenvalue weighted by molar-refractivity contribution is 0.296. The first-order chi connectivity index (χ1) is 7.24. The van der Waals surface area contributed by atoms with Gasteiger partial charge in [0.05, 0.1) is 6.61 Å². The van der Waals surface area contributed by atoms with Crippen LogP contribution >= 0.6 is 0 Å². The minimum absolute atomic E-state index is 0.129. The van der Waals surface area contributed by atoms with Gasteiger partial charge in [0, 0.05) is 17.5 Å². The van der Waals surface area contributed by atoms with Crippen LogP contribution in [0.25, 0.3) is 10.4 Å². The molecular formula is C9H9F2N3O. The Hall–Kier alpha value is -1.81. The van der Waals surface area contributed by atoms with Gasteiger partial charge in [-0.25, -0.2) is 8.78 Å². The number of rotatable bonds is 5. The molecule has 1 aromatic rings. The van der Waals surface area contributed by atoms with Gasteiger partial charge in [0.2, 0.25) is 0 Å². The molecule has 0 atom stereocenters. The van der Waals surface area contributed by atoms with Crippen LogP contribution in [0.4, 0.5) is 8.78 Å². The monoisotopic (exact) mass is 213 g/mol. The van der Waals surface area contributed by atoms with Crippen LogP contribution in [0.1, 0.15) is 6.42 Å². The van der Waals surface area contributed by atoms with E-state index in [0.29, 0.717) is 6.42 Å². The van der Waals surface area contributed by atoms with E-state index >= 15 is 0 Å². The quantitative estimate of drug-likeness (QED) is 0.321. The second-order valence-electron chi connectivity index (χ2n) is 2.73. The van der Waals surface area contributed by atoms with Gasteiger partial charge < -0.3 is 4.74 Å². The zero-order chi connectivity index (χ0) is 11.1. The van der Waals surface area contributed by atoms with Crippen LogP contribution in [0, 0.1) is 11.6 Å². The highest BCUT2D eigenvalue weighted by Gasteiger charge is 2.03. The molecule has 0 saturated heterocycles. The Kier molecular flexibility index (Phi) is 4.37. The third-order valence-corrected chi connectivity index (χ3v) is 1.62. The molecular weight excluding hydrogens is 204 g/mol. The van der Waals surface area contributed by atoms with E-state index < -0.39 is 11.6 Å². The fourth-order valence-corrected chi connectivity index (χ4v) is 0.950. The lowest BCUT2D eigenvalue weighted by Crippen LogP contribution is -2.00. The van der Waals surface area contributed by atoms with Crippen LogP contribution in [-0.2, 0) is 0 Å². The Balaban J connectivity index is 2.43. The van der Waals surface area contributed by atoms with Crippen LogP contribution < -0.4 is 4.74 Å². The van der Waals surface area contributed by atoms with Crippen LogP contribution in [0.5, 0.6) is 5.75 Å². The average Bonchev–Trinajstić information content (AvgIpc) is 2.23. The molecule has 15 heavy (non-hydrogen) atoms. The first-order valence-corrected chi connectivity index (χ1v) is 4.33. The van der Waals surface area contributed by atoms with Gasteiger partial charge in [-0.15, -0.1) is 0 Å². The van der Waals surface area contributed by atoms with Crippen LogP contribution in [0.2, 0.25) is 0 Å². The SMILES string of the molecule is [N-]=[N+]=NCCCOc1cc(F)ccc1F. The first kappa shape index (κ1) is 11.3. The molecule has 0 unspecified atom stereocenters. The fourth-order valence-electron chi connectivity index (χ4n) is 0.950. The summed E-state index contributed by atoms with van der Waals surface area (Å²) in [6, 6.07) is 2.99. The zero-order valence-corrected chi connectivity index (χ0v) is 7.86. The molecule has 4 nitrogen and oxygen atoms in total. The molecule has 1 rings (SSSR count). The molecule has 0 bridgehead atoms. The highest BCUT2D eigenvalue weighted by Crippen LogP contribution is 2.17. The highest BCUT2D eigenvalue weighted by atomic mass is 19.1. The number of halogens is 2. The summed E-state index contributed by atoms with van der Waals surface area (Å²) in [5.74, 6) is -1.29. The van der Waals surface area contributed by atoms with Gasteiger partial charge in [0.25, 0.3) is 0 Å². The second kappa shape index (κ2) is 5.82. The topological polar surface area (TPSA) is 58.0 Å². The number of ether oxygens (including phenoxy) is 1. The summed E-state index contributed by atoms with van der Waals surface area (Å²) in [6.45, 7) is 0.451. The molecule has 0 spiro atoms. The van der Waals surface area contributed by atoms with Crippen molar-refractivity contribution in [3.63, 3.8) is 0 Å². The van der Waals surface area contributed by atoms with E-state index in [1.165, 1.54) is 0 Å². The maximum absolute atomic E-state index is 13.0. The standard InChI is InChI=1S/C9H9F2N3O/c10-7-2-3-8(11)9(6-7)15-5-1-4-13-14-12/h2-3,6H,1,4-5H2. The first-order valence-electron chi connectivity index (χ1n) is 4.33. The minimum Gasteiger partial charge on any atom is -0.490 e. The fraction of sp³-hybridized carbons (Fsp3) is 0.333. The van der Waals surface area contributed by atoms with Gasteiger partial charge in [-0.05, 0) is 24.1 Å². The van der Waals surface area contributed by atoms with Crippen molar-refractivity contribution in [1.82, 2.24) is 0 Å². The van der Waals surface area contributed by atoms with Crippen molar-refractivity contribution in [3.8, 4) is 5.75 Å². The Bertz CT molecular complexity index is 378. The lowest BCUT2D eigenvalue weighted by Gasteiger charge is -2.05. The number of nitrogens with zero attached hydrogens (tertiary/aromatic N) is 3. The van der Waals surface area contributed by atoms with E-state index in [0.717, 1.165) is 18.2 Å². The molecule has 0 amide bonds. The third-order valence-electron chi connectivity index (χ3n) is 1.62. The molecule has 0 aromatic heterocycles. The molecule has 1 aromatic carbocycles. The lowest BCUT2D eigenvalue weighted by atomic mass is 10.3. The predicted octanol–water partition coefficient (Wildman–Crippen LogP) is 3.04. The Morgan fingerprint density at radius 2 is 2.20 bits per heavy atom. The molecule has 6 heteroatoms. The number of hydrogen-bond acceptors (Lipinski definition) is 2. The van der Waals surface area contributed by atoms with Gasteiger partial charge in [-0.2, -0.15) is 0 Å². The second-order valence-corrected chi connectivity index (χ2v) is 2.73. The van der Waals surface area contributed by atoms with E-state index in [1.807, 2.05) is 0 Å². The molecule has 80 valence electrons. The minimum atomic E-state index is -0.611. The summed E-state index contributed by atoms with van der Waals surface area (Å²) < 4.78 is 30.6. The molecule has 0 heterocycles. The van der Waals surface area contributed by atoms with E-state index in [-0.39, 0.29) is 18.9 Å². The number of hydrogen-bond donors (Lipinski definition) is 0. The maximum Gasteiger partial charge on any atom is 0.165 e. The smallest absolute Gasteiger partial charge is 0.165 e. The van der Waals surface area contributed by atoms with Crippen LogP contribution in [-0.4, -0.2) is 13.2 Å². The van der Waals surface area contributed by atoms with Crippen molar-refractivity contribution in [2.75, 3.05) is 13.2 Å². The van der Waals surface area contributed by atoms with E-state index in [2.05, 4.69) is 10.0 Å². The summed E-state index contributed by atoms with van der Waals surface area (Å²) in [6.07, 6.45) is 0.458. The van der Waals surface area contributed by atoms with Crippen molar-refractivity contribution in [3.05, 3.63) is 40.3 Å². The Morgan fingerprint density at radius 1 is 1.40 bits per heavy atom. The number of azide groups is 1. The number of benzene rings is 1. The van der Waals surface area contributed by atoms with Gasteiger partial charge in [-0.3, -0.25) is 0 Å². The molecule has 0 aliphatic rings. The van der Waals surface area contributed by atoms with Gasteiger partial charge in [0.1, 0.15) is 5.82 Å². The highest BCUT2D eigenvalue weighted by molar-refractivity contribution is 5.24.